The molecule has 0 aliphatic carbocycles. The Morgan fingerprint density at radius 3 is 2.44 bits per heavy atom. The fraction of sp³-hybridized carbons (Fsp3) is 0.600. The molecule has 1 unspecified atom stereocenters. The Morgan fingerprint density at radius 2 is 1.94 bits per heavy atom. The molecule has 0 amide bonds. The molecule has 0 saturated heterocycles. The van der Waals surface area contributed by atoms with Crippen LogP contribution in [0.25, 0.3) is 0 Å². The lowest BCUT2D eigenvalue weighted by Crippen LogP contribution is -2.20. The monoisotopic (exact) mass is 267 g/mol. The third-order valence-corrected chi connectivity index (χ3v) is 4.28. The van der Waals surface area contributed by atoms with E-state index >= 15 is 0 Å². The number of hydrogen-bond donors (Lipinski definition) is 1. The van der Waals surface area contributed by atoms with Gasteiger partial charge in [0.25, 0.3) is 0 Å². The molecule has 0 heterocycles. The van der Waals surface area contributed by atoms with Gasteiger partial charge in [-0.3, -0.25) is 0 Å². The second kappa shape index (κ2) is 7.05. The largest absolute Gasteiger partial charge is 0.496 e. The first-order valence-electron chi connectivity index (χ1n) is 6.37. The van der Waals surface area contributed by atoms with E-state index in [1.807, 2.05) is 18.8 Å². The van der Waals surface area contributed by atoms with Gasteiger partial charge in [-0.2, -0.15) is 11.8 Å². The van der Waals surface area contributed by atoms with Crippen molar-refractivity contribution in [3.8, 4) is 5.75 Å². The summed E-state index contributed by atoms with van der Waals surface area (Å²) in [6.45, 7) is 6.51. The normalized spacial score (nSPS) is 12.6. The van der Waals surface area contributed by atoms with Gasteiger partial charge in [0.2, 0.25) is 0 Å². The van der Waals surface area contributed by atoms with E-state index in [4.69, 9.17) is 4.74 Å². The zero-order chi connectivity index (χ0) is 13.7. The molecule has 0 radical (unpaired) electrons. The molecule has 1 N–H and O–H groups in total. The zero-order valence-corrected chi connectivity index (χ0v) is 13.2. The molecule has 3 heteroatoms. The first-order chi connectivity index (χ1) is 8.56. The molecule has 0 bridgehead atoms. The van der Waals surface area contributed by atoms with Crippen LogP contribution in [0.1, 0.15) is 34.7 Å². The topological polar surface area (TPSA) is 21.3 Å². The van der Waals surface area contributed by atoms with Gasteiger partial charge < -0.3 is 10.1 Å². The fourth-order valence-corrected chi connectivity index (χ4v) is 2.95. The molecule has 0 aliphatic rings. The van der Waals surface area contributed by atoms with E-state index in [0.717, 1.165) is 12.2 Å². The second-order valence-electron chi connectivity index (χ2n) is 4.68. The lowest BCUT2D eigenvalue weighted by atomic mass is 9.91. The van der Waals surface area contributed by atoms with Crippen LogP contribution in [0.5, 0.6) is 5.75 Å². The maximum absolute atomic E-state index is 5.43. The average molecular weight is 267 g/mol. The smallest absolute Gasteiger partial charge is 0.122 e. The van der Waals surface area contributed by atoms with Crippen LogP contribution >= 0.6 is 11.8 Å². The number of benzene rings is 1. The lowest BCUT2D eigenvalue weighted by molar-refractivity contribution is 0.410. The summed E-state index contributed by atoms with van der Waals surface area (Å²) in [7, 11) is 3.79. The Labute approximate surface area is 116 Å². The van der Waals surface area contributed by atoms with Gasteiger partial charge in [0.15, 0.2) is 0 Å². The third kappa shape index (κ3) is 3.21. The highest BCUT2D eigenvalue weighted by Gasteiger charge is 2.17. The van der Waals surface area contributed by atoms with Gasteiger partial charge in [-0.15, -0.1) is 0 Å². The van der Waals surface area contributed by atoms with E-state index in [2.05, 4.69) is 38.4 Å². The van der Waals surface area contributed by atoms with Crippen molar-refractivity contribution in [2.24, 2.45) is 0 Å². The quantitative estimate of drug-likeness (QED) is 0.850. The Balaban J connectivity index is 3.18. The highest BCUT2D eigenvalue weighted by Crippen LogP contribution is 2.32. The van der Waals surface area contributed by atoms with Crippen LogP contribution in [0, 0.1) is 20.8 Å². The summed E-state index contributed by atoms with van der Waals surface area (Å²) in [5.41, 5.74) is 5.36. The van der Waals surface area contributed by atoms with Crippen LogP contribution in [0.4, 0.5) is 0 Å². The molecular weight excluding hydrogens is 242 g/mol. The average Bonchev–Trinajstić information content (AvgIpc) is 2.37. The highest BCUT2D eigenvalue weighted by atomic mass is 32.2. The maximum atomic E-state index is 5.43. The van der Waals surface area contributed by atoms with Gasteiger partial charge in [-0.1, -0.05) is 0 Å². The Bertz CT molecular complexity index is 404. The summed E-state index contributed by atoms with van der Waals surface area (Å²) in [6.07, 6.45) is 3.32. The predicted molar refractivity (Wildman–Crippen MR) is 82.0 cm³/mol. The number of aryl methyl sites for hydroxylation is 1. The van der Waals surface area contributed by atoms with E-state index in [1.54, 1.807) is 7.11 Å². The molecule has 0 aromatic heterocycles. The molecule has 102 valence electrons. The predicted octanol–water partition coefficient (Wildman–Crippen LogP) is 3.63. The van der Waals surface area contributed by atoms with Crippen LogP contribution in [0.3, 0.4) is 0 Å². The third-order valence-electron chi connectivity index (χ3n) is 3.64. The van der Waals surface area contributed by atoms with Crippen molar-refractivity contribution in [3.63, 3.8) is 0 Å². The lowest BCUT2D eigenvalue weighted by Gasteiger charge is -2.23. The number of hydrogen-bond acceptors (Lipinski definition) is 3. The molecule has 1 rings (SSSR count). The van der Waals surface area contributed by atoms with Gasteiger partial charge in [0, 0.05) is 6.04 Å². The van der Waals surface area contributed by atoms with Gasteiger partial charge in [0.1, 0.15) is 5.75 Å². The molecule has 1 aromatic carbocycles. The van der Waals surface area contributed by atoms with Gasteiger partial charge >= 0.3 is 0 Å². The molecule has 0 aliphatic heterocycles. The highest BCUT2D eigenvalue weighted by molar-refractivity contribution is 7.98. The number of thioether (sulfide) groups is 1. The Hall–Kier alpha value is -0.670. The first-order valence-corrected chi connectivity index (χ1v) is 7.77. The Kier molecular flexibility index (Phi) is 6.03. The summed E-state index contributed by atoms with van der Waals surface area (Å²) < 4.78 is 5.43. The molecule has 0 spiro atoms. The van der Waals surface area contributed by atoms with Gasteiger partial charge in [-0.05, 0) is 74.6 Å². The fourth-order valence-electron chi connectivity index (χ4n) is 2.48. The molecule has 18 heavy (non-hydrogen) atoms. The molecule has 1 aromatic rings. The molecule has 2 nitrogen and oxygen atoms in total. The minimum Gasteiger partial charge on any atom is -0.496 e. The number of methoxy groups -OCH3 is 1. The van der Waals surface area contributed by atoms with E-state index in [1.165, 1.54) is 28.0 Å². The van der Waals surface area contributed by atoms with Crippen LogP contribution in [0.15, 0.2) is 6.07 Å². The standard InChI is InChI=1S/C15H25NOS/c1-10-9-14(17-5)11(2)12(3)15(10)13(16-4)7-8-18-6/h9,13,16H,7-8H2,1-6H3. The number of ether oxygens (including phenoxy) is 1. The van der Waals surface area contributed by atoms with Crippen LogP contribution in [-0.4, -0.2) is 26.2 Å². The summed E-state index contributed by atoms with van der Waals surface area (Å²) >= 11 is 1.90. The summed E-state index contributed by atoms with van der Waals surface area (Å²) in [5, 5.41) is 3.45. The van der Waals surface area contributed by atoms with Crippen LogP contribution in [-0.2, 0) is 0 Å². The van der Waals surface area contributed by atoms with Crippen molar-refractivity contribution in [2.75, 3.05) is 26.2 Å². The van der Waals surface area contributed by atoms with E-state index in [-0.39, 0.29) is 0 Å². The summed E-state index contributed by atoms with van der Waals surface area (Å²) in [5.74, 6) is 2.17. The van der Waals surface area contributed by atoms with Crippen LogP contribution in [0.2, 0.25) is 0 Å². The SMILES string of the molecule is CNC(CCSC)c1c(C)cc(OC)c(C)c1C. The zero-order valence-electron chi connectivity index (χ0n) is 12.4. The van der Waals surface area contributed by atoms with Gasteiger partial charge in [-0.25, -0.2) is 0 Å². The van der Waals surface area contributed by atoms with Crippen molar-refractivity contribution in [1.29, 1.82) is 0 Å². The summed E-state index contributed by atoms with van der Waals surface area (Å²) in [6, 6.07) is 2.59. The number of nitrogens with one attached hydrogen (secondary N) is 1. The molecule has 1 atom stereocenters. The Morgan fingerprint density at radius 1 is 1.28 bits per heavy atom. The maximum Gasteiger partial charge on any atom is 0.122 e. The van der Waals surface area contributed by atoms with Crippen molar-refractivity contribution in [3.05, 3.63) is 28.3 Å². The minimum absolute atomic E-state index is 0.432. The van der Waals surface area contributed by atoms with Crippen LogP contribution < -0.4 is 10.1 Å². The molecule has 0 saturated carbocycles. The van der Waals surface area contributed by atoms with Crippen molar-refractivity contribution in [2.45, 2.75) is 33.2 Å². The van der Waals surface area contributed by atoms with Gasteiger partial charge in [0.05, 0.1) is 7.11 Å². The summed E-state index contributed by atoms with van der Waals surface area (Å²) in [4.78, 5) is 0. The second-order valence-corrected chi connectivity index (χ2v) is 5.67. The van der Waals surface area contributed by atoms with E-state index < -0.39 is 0 Å². The number of rotatable bonds is 6. The van der Waals surface area contributed by atoms with Crippen molar-refractivity contribution in [1.82, 2.24) is 5.32 Å². The van der Waals surface area contributed by atoms with E-state index in [0.29, 0.717) is 6.04 Å². The van der Waals surface area contributed by atoms with E-state index in [9.17, 15) is 0 Å². The minimum atomic E-state index is 0.432. The van der Waals surface area contributed by atoms with Crippen molar-refractivity contribution < 1.29 is 4.74 Å². The van der Waals surface area contributed by atoms with Crippen molar-refractivity contribution >= 4 is 11.8 Å². The molecule has 0 fully saturated rings. The molecular formula is C15H25NOS. The first kappa shape index (κ1) is 15.4.